The molecular weight excluding hydrogens is 541 g/mol. The Morgan fingerprint density at radius 1 is 0.927 bits per heavy atom. The maximum atomic E-state index is 14.2. The second-order valence-electron chi connectivity index (χ2n) is 10.4. The van der Waals surface area contributed by atoms with Crippen LogP contribution in [0.25, 0.3) is 0 Å². The van der Waals surface area contributed by atoms with E-state index < -0.39 is 34.3 Å². The number of para-hydroxylation sites is 1. The standard InChI is InChI=1S/C32H38FN3O4S/c1-3-25-12-8-11-17-30(25)36(41(39,40)28-15-6-5-7-16-28)23-31(37)35(22-24-18-20-26(33)21-19-24)29(4-2)32(38)34-27-13-9-10-14-27/h5-8,11-12,15-21,27,29H,3-4,9-10,13-14,22-23H2,1-2H3,(H,34,38)/t29-/m0/s1. The smallest absolute Gasteiger partial charge is 0.264 e. The summed E-state index contributed by atoms with van der Waals surface area (Å²) in [4.78, 5) is 29.2. The van der Waals surface area contributed by atoms with Gasteiger partial charge in [0.05, 0.1) is 10.6 Å². The highest BCUT2D eigenvalue weighted by atomic mass is 32.2. The molecule has 0 saturated heterocycles. The highest BCUT2D eigenvalue weighted by Crippen LogP contribution is 2.28. The highest BCUT2D eigenvalue weighted by Gasteiger charge is 2.35. The molecule has 0 aliphatic heterocycles. The van der Waals surface area contributed by atoms with Gasteiger partial charge in [-0.2, -0.15) is 0 Å². The number of sulfonamides is 1. The zero-order chi connectivity index (χ0) is 29.4. The van der Waals surface area contributed by atoms with Crippen molar-refractivity contribution >= 4 is 27.5 Å². The molecule has 1 aliphatic rings. The van der Waals surface area contributed by atoms with Gasteiger partial charge in [-0.1, -0.05) is 75.2 Å². The van der Waals surface area contributed by atoms with Crippen LogP contribution in [0.15, 0.2) is 83.8 Å². The van der Waals surface area contributed by atoms with Gasteiger partial charge in [-0.05, 0) is 67.1 Å². The zero-order valence-corrected chi connectivity index (χ0v) is 24.4. The van der Waals surface area contributed by atoms with Crippen molar-refractivity contribution in [2.45, 2.75) is 75.9 Å². The molecule has 0 spiro atoms. The third-order valence-electron chi connectivity index (χ3n) is 7.60. The molecule has 0 unspecified atom stereocenters. The lowest BCUT2D eigenvalue weighted by molar-refractivity contribution is -0.140. The number of nitrogens with one attached hydrogen (secondary N) is 1. The fourth-order valence-corrected chi connectivity index (χ4v) is 6.83. The minimum atomic E-state index is -4.13. The number of aryl methyl sites for hydroxylation is 1. The Hall–Kier alpha value is -3.72. The van der Waals surface area contributed by atoms with Crippen molar-refractivity contribution in [2.24, 2.45) is 0 Å². The first kappa shape index (κ1) is 30.2. The number of anilines is 1. The molecule has 0 bridgehead atoms. The van der Waals surface area contributed by atoms with Crippen molar-refractivity contribution in [1.82, 2.24) is 10.2 Å². The minimum Gasteiger partial charge on any atom is -0.352 e. The average Bonchev–Trinajstić information content (AvgIpc) is 3.50. The minimum absolute atomic E-state index is 0.0321. The molecule has 1 atom stereocenters. The van der Waals surface area contributed by atoms with Gasteiger partial charge in [-0.3, -0.25) is 13.9 Å². The normalized spacial score (nSPS) is 14.4. The van der Waals surface area contributed by atoms with Crippen LogP contribution in [0.5, 0.6) is 0 Å². The quantitative estimate of drug-likeness (QED) is 0.309. The number of hydrogen-bond acceptors (Lipinski definition) is 4. The van der Waals surface area contributed by atoms with E-state index in [1.54, 1.807) is 42.5 Å². The summed E-state index contributed by atoms with van der Waals surface area (Å²) in [7, 11) is -4.13. The molecule has 3 aromatic rings. The maximum absolute atomic E-state index is 14.2. The topological polar surface area (TPSA) is 86.8 Å². The third-order valence-corrected chi connectivity index (χ3v) is 9.38. The molecule has 7 nitrogen and oxygen atoms in total. The summed E-state index contributed by atoms with van der Waals surface area (Å²) in [6.07, 6.45) is 4.77. The fourth-order valence-electron chi connectivity index (χ4n) is 5.36. The van der Waals surface area contributed by atoms with Crippen LogP contribution in [0, 0.1) is 5.82 Å². The van der Waals surface area contributed by atoms with Gasteiger partial charge in [0, 0.05) is 12.6 Å². The Labute approximate surface area is 242 Å². The SMILES string of the molecule is CCc1ccccc1N(CC(=O)N(Cc1ccc(F)cc1)[C@@H](CC)C(=O)NC1CCCC1)S(=O)(=O)c1ccccc1. The molecule has 4 rings (SSSR count). The second-order valence-corrected chi connectivity index (χ2v) is 12.2. The molecule has 3 aromatic carbocycles. The first-order chi connectivity index (χ1) is 19.7. The van der Waals surface area contributed by atoms with Gasteiger partial charge in [0.2, 0.25) is 11.8 Å². The summed E-state index contributed by atoms with van der Waals surface area (Å²) >= 11 is 0. The van der Waals surface area contributed by atoms with Crippen LogP contribution in [0.1, 0.15) is 57.1 Å². The number of carbonyl (C=O) groups is 2. The summed E-state index contributed by atoms with van der Waals surface area (Å²) < 4.78 is 42.8. The molecule has 1 N–H and O–H groups in total. The van der Waals surface area contributed by atoms with E-state index in [0.717, 1.165) is 35.6 Å². The summed E-state index contributed by atoms with van der Waals surface area (Å²) in [6.45, 7) is 3.29. The number of benzene rings is 3. The van der Waals surface area contributed by atoms with E-state index in [-0.39, 0.29) is 23.4 Å². The molecule has 1 aliphatic carbocycles. The van der Waals surface area contributed by atoms with Crippen molar-refractivity contribution in [2.75, 3.05) is 10.8 Å². The van der Waals surface area contributed by atoms with E-state index in [4.69, 9.17) is 0 Å². The van der Waals surface area contributed by atoms with Gasteiger partial charge in [-0.25, -0.2) is 12.8 Å². The van der Waals surface area contributed by atoms with Gasteiger partial charge >= 0.3 is 0 Å². The van der Waals surface area contributed by atoms with Gasteiger partial charge in [0.25, 0.3) is 10.0 Å². The third kappa shape index (κ3) is 7.33. The van der Waals surface area contributed by atoms with Crippen LogP contribution in [-0.4, -0.2) is 43.8 Å². The Morgan fingerprint density at radius 2 is 1.56 bits per heavy atom. The lowest BCUT2D eigenvalue weighted by Crippen LogP contribution is -2.53. The van der Waals surface area contributed by atoms with Gasteiger partial charge < -0.3 is 10.2 Å². The van der Waals surface area contributed by atoms with Crippen molar-refractivity contribution in [1.29, 1.82) is 0 Å². The number of rotatable bonds is 12. The van der Waals surface area contributed by atoms with Crippen molar-refractivity contribution in [3.8, 4) is 0 Å². The largest absolute Gasteiger partial charge is 0.352 e. The van der Waals surface area contributed by atoms with E-state index in [1.165, 1.54) is 29.2 Å². The van der Waals surface area contributed by atoms with Gasteiger partial charge in [-0.15, -0.1) is 0 Å². The van der Waals surface area contributed by atoms with Crippen LogP contribution in [0.4, 0.5) is 10.1 Å². The Bertz CT molecular complexity index is 1420. The van der Waals surface area contributed by atoms with Gasteiger partial charge in [0.1, 0.15) is 18.4 Å². The maximum Gasteiger partial charge on any atom is 0.264 e. The lowest BCUT2D eigenvalue weighted by Gasteiger charge is -2.34. The van der Waals surface area contributed by atoms with E-state index in [2.05, 4.69) is 5.32 Å². The molecule has 0 aromatic heterocycles. The van der Waals surface area contributed by atoms with Crippen LogP contribution in [0.3, 0.4) is 0 Å². The van der Waals surface area contributed by atoms with Crippen LogP contribution >= 0.6 is 0 Å². The molecular formula is C32H38FN3O4S. The fraction of sp³-hybridized carbons (Fsp3) is 0.375. The van der Waals surface area contributed by atoms with Crippen molar-refractivity contribution in [3.05, 3.63) is 95.8 Å². The molecule has 9 heteroatoms. The summed E-state index contributed by atoms with van der Waals surface area (Å²) in [6, 6.07) is 20.1. The van der Waals surface area contributed by atoms with Crippen LogP contribution < -0.4 is 9.62 Å². The van der Waals surface area contributed by atoms with Crippen molar-refractivity contribution in [3.63, 3.8) is 0 Å². The summed E-state index contributed by atoms with van der Waals surface area (Å²) in [5, 5.41) is 3.09. The predicted molar refractivity (Wildman–Crippen MR) is 158 cm³/mol. The van der Waals surface area contributed by atoms with Crippen molar-refractivity contribution < 1.29 is 22.4 Å². The number of carbonyl (C=O) groups excluding carboxylic acids is 2. The number of nitrogens with zero attached hydrogens (tertiary/aromatic N) is 2. The Balaban J connectivity index is 1.73. The van der Waals surface area contributed by atoms with E-state index >= 15 is 0 Å². The molecule has 41 heavy (non-hydrogen) atoms. The molecule has 0 heterocycles. The second kappa shape index (κ2) is 13.8. The zero-order valence-electron chi connectivity index (χ0n) is 23.6. The summed E-state index contributed by atoms with van der Waals surface area (Å²) in [5.41, 5.74) is 1.83. The van der Waals surface area contributed by atoms with E-state index in [1.807, 2.05) is 26.0 Å². The number of hydrogen-bond donors (Lipinski definition) is 1. The molecule has 1 saturated carbocycles. The predicted octanol–water partition coefficient (Wildman–Crippen LogP) is 5.45. The summed E-state index contributed by atoms with van der Waals surface area (Å²) in [5.74, 6) is -1.19. The Morgan fingerprint density at radius 3 is 2.20 bits per heavy atom. The van der Waals surface area contributed by atoms with Crippen LogP contribution in [-0.2, 0) is 32.6 Å². The van der Waals surface area contributed by atoms with Gasteiger partial charge in [0.15, 0.2) is 0 Å². The monoisotopic (exact) mass is 579 g/mol. The average molecular weight is 580 g/mol. The van der Waals surface area contributed by atoms with E-state index in [9.17, 15) is 22.4 Å². The molecule has 0 radical (unpaired) electrons. The highest BCUT2D eigenvalue weighted by molar-refractivity contribution is 7.92. The first-order valence-electron chi connectivity index (χ1n) is 14.2. The molecule has 1 fully saturated rings. The number of amides is 2. The Kier molecular flexibility index (Phi) is 10.2. The van der Waals surface area contributed by atoms with Crippen LogP contribution in [0.2, 0.25) is 0 Å². The number of halogens is 1. The molecule has 2 amide bonds. The lowest BCUT2D eigenvalue weighted by atomic mass is 10.1. The first-order valence-corrected chi connectivity index (χ1v) is 15.7. The van der Waals surface area contributed by atoms with E-state index in [0.29, 0.717) is 24.1 Å². The molecule has 218 valence electrons.